The highest BCUT2D eigenvalue weighted by molar-refractivity contribution is 5.97. The number of rotatable bonds is 7. The second-order valence-electron chi connectivity index (χ2n) is 6.65. The maximum absolute atomic E-state index is 12.7. The lowest BCUT2D eigenvalue weighted by atomic mass is 10.0. The van der Waals surface area contributed by atoms with Crippen molar-refractivity contribution in [3.63, 3.8) is 0 Å². The average molecular weight is 357 g/mol. The molecule has 26 heavy (non-hydrogen) atoms. The normalized spacial score (nSPS) is 12.2. The van der Waals surface area contributed by atoms with E-state index < -0.39 is 17.9 Å². The van der Waals surface area contributed by atoms with Crippen molar-refractivity contribution in [2.24, 2.45) is 0 Å². The third kappa shape index (κ3) is 3.95. The SMILES string of the molecule is CCC(CC)n1ncc(C(=O)NC(C(=O)O)c2ccc(C)c(C)c2)c1C. The molecule has 2 rings (SSSR count). The summed E-state index contributed by atoms with van der Waals surface area (Å²) in [5.41, 5.74) is 3.78. The minimum absolute atomic E-state index is 0.228. The van der Waals surface area contributed by atoms with E-state index in [9.17, 15) is 14.7 Å². The molecule has 2 N–H and O–H groups in total. The van der Waals surface area contributed by atoms with E-state index in [1.807, 2.05) is 31.5 Å². The molecule has 1 aromatic carbocycles. The number of amides is 1. The molecule has 0 saturated carbocycles. The summed E-state index contributed by atoms with van der Waals surface area (Å²) in [6.07, 6.45) is 3.35. The van der Waals surface area contributed by atoms with Gasteiger partial charge in [-0.25, -0.2) is 4.79 Å². The van der Waals surface area contributed by atoms with Gasteiger partial charge in [0.25, 0.3) is 5.91 Å². The maximum atomic E-state index is 12.7. The zero-order valence-corrected chi connectivity index (χ0v) is 16.0. The molecule has 0 bridgehead atoms. The van der Waals surface area contributed by atoms with Gasteiger partial charge in [0, 0.05) is 5.69 Å². The zero-order valence-electron chi connectivity index (χ0n) is 16.0. The van der Waals surface area contributed by atoms with Gasteiger partial charge in [0.2, 0.25) is 0 Å². The van der Waals surface area contributed by atoms with Crippen molar-refractivity contribution in [3.8, 4) is 0 Å². The van der Waals surface area contributed by atoms with Crippen molar-refractivity contribution >= 4 is 11.9 Å². The molecule has 0 aliphatic rings. The minimum Gasteiger partial charge on any atom is -0.479 e. The largest absolute Gasteiger partial charge is 0.479 e. The van der Waals surface area contributed by atoms with E-state index in [0.717, 1.165) is 29.7 Å². The average Bonchev–Trinajstić information content (AvgIpc) is 2.98. The fraction of sp³-hybridized carbons (Fsp3) is 0.450. The van der Waals surface area contributed by atoms with Crippen molar-refractivity contribution in [3.05, 3.63) is 52.3 Å². The lowest BCUT2D eigenvalue weighted by Gasteiger charge is -2.17. The number of carbonyl (C=O) groups excluding carboxylic acids is 1. The summed E-state index contributed by atoms with van der Waals surface area (Å²) in [7, 11) is 0. The van der Waals surface area contributed by atoms with Gasteiger partial charge in [-0.2, -0.15) is 5.10 Å². The molecule has 0 radical (unpaired) electrons. The third-order valence-electron chi connectivity index (χ3n) is 4.96. The van der Waals surface area contributed by atoms with Crippen LogP contribution in [0.4, 0.5) is 0 Å². The number of aliphatic carboxylic acids is 1. The van der Waals surface area contributed by atoms with Crippen LogP contribution in [-0.2, 0) is 4.79 Å². The number of aryl methyl sites for hydroxylation is 2. The number of benzene rings is 1. The van der Waals surface area contributed by atoms with Crippen LogP contribution in [-0.4, -0.2) is 26.8 Å². The number of hydrogen-bond acceptors (Lipinski definition) is 3. The van der Waals surface area contributed by atoms with Gasteiger partial charge in [-0.1, -0.05) is 32.0 Å². The van der Waals surface area contributed by atoms with E-state index in [0.29, 0.717) is 11.1 Å². The number of nitrogens with one attached hydrogen (secondary N) is 1. The molecule has 1 aromatic heterocycles. The molecule has 0 aliphatic heterocycles. The number of nitrogens with zero attached hydrogens (tertiary/aromatic N) is 2. The molecule has 0 aliphatic carbocycles. The molecule has 2 aromatic rings. The molecular weight excluding hydrogens is 330 g/mol. The first kappa shape index (κ1) is 19.7. The standard InChI is InChI=1S/C20H27N3O3/c1-6-16(7-2)23-14(5)17(11-21-23)19(24)22-18(20(25)26)15-9-8-12(3)13(4)10-15/h8-11,16,18H,6-7H2,1-5H3,(H,22,24)(H,25,26). The van der Waals surface area contributed by atoms with E-state index in [-0.39, 0.29) is 6.04 Å². The van der Waals surface area contributed by atoms with Gasteiger partial charge in [0.1, 0.15) is 0 Å². The summed E-state index contributed by atoms with van der Waals surface area (Å²) < 4.78 is 1.85. The monoisotopic (exact) mass is 357 g/mol. The fourth-order valence-electron chi connectivity index (χ4n) is 3.09. The second kappa shape index (κ2) is 8.17. The quantitative estimate of drug-likeness (QED) is 0.791. The number of carbonyl (C=O) groups is 2. The molecule has 0 fully saturated rings. The summed E-state index contributed by atoms with van der Waals surface area (Å²) in [5.74, 6) is -1.52. The van der Waals surface area contributed by atoms with Crippen LogP contribution in [0.15, 0.2) is 24.4 Å². The summed E-state index contributed by atoms with van der Waals surface area (Å²) in [4.78, 5) is 24.4. The first-order valence-corrected chi connectivity index (χ1v) is 8.95. The van der Waals surface area contributed by atoms with Crippen LogP contribution in [0.5, 0.6) is 0 Å². The van der Waals surface area contributed by atoms with Gasteiger partial charge in [0.05, 0.1) is 17.8 Å². The summed E-state index contributed by atoms with van der Waals surface area (Å²) in [5, 5.41) is 16.6. The highest BCUT2D eigenvalue weighted by Crippen LogP contribution is 2.21. The third-order valence-corrected chi connectivity index (χ3v) is 4.96. The first-order valence-electron chi connectivity index (χ1n) is 8.95. The van der Waals surface area contributed by atoms with Crippen molar-refractivity contribution in [2.45, 2.75) is 59.5 Å². The molecule has 6 heteroatoms. The van der Waals surface area contributed by atoms with Crippen LogP contribution < -0.4 is 5.32 Å². The predicted molar refractivity (Wildman–Crippen MR) is 100 cm³/mol. The minimum atomic E-state index is -1.10. The number of hydrogen-bond donors (Lipinski definition) is 2. The molecule has 1 amide bonds. The van der Waals surface area contributed by atoms with E-state index in [1.54, 1.807) is 12.1 Å². The smallest absolute Gasteiger partial charge is 0.330 e. The lowest BCUT2D eigenvalue weighted by Crippen LogP contribution is -2.34. The second-order valence-corrected chi connectivity index (χ2v) is 6.65. The first-order chi connectivity index (χ1) is 12.3. The van der Waals surface area contributed by atoms with E-state index >= 15 is 0 Å². The van der Waals surface area contributed by atoms with E-state index in [2.05, 4.69) is 24.3 Å². The lowest BCUT2D eigenvalue weighted by molar-refractivity contribution is -0.139. The summed E-state index contributed by atoms with van der Waals surface area (Å²) in [6, 6.07) is 4.53. The summed E-state index contributed by atoms with van der Waals surface area (Å²) >= 11 is 0. The van der Waals surface area contributed by atoms with Crippen LogP contribution in [0.1, 0.15) is 71.5 Å². The predicted octanol–water partition coefficient (Wildman–Crippen LogP) is 3.73. The van der Waals surface area contributed by atoms with Gasteiger partial charge in [-0.15, -0.1) is 0 Å². The Labute approximate surface area is 154 Å². The Bertz CT molecular complexity index is 807. The van der Waals surface area contributed by atoms with Crippen molar-refractivity contribution in [1.82, 2.24) is 15.1 Å². The molecule has 0 saturated heterocycles. The Morgan fingerprint density at radius 1 is 1.15 bits per heavy atom. The van der Waals surface area contributed by atoms with Gasteiger partial charge in [0.15, 0.2) is 6.04 Å². The van der Waals surface area contributed by atoms with Gasteiger partial charge in [-0.3, -0.25) is 9.48 Å². The van der Waals surface area contributed by atoms with Crippen LogP contribution in [0.2, 0.25) is 0 Å². The van der Waals surface area contributed by atoms with Gasteiger partial charge < -0.3 is 10.4 Å². The topological polar surface area (TPSA) is 84.2 Å². The fourth-order valence-corrected chi connectivity index (χ4v) is 3.09. The van der Waals surface area contributed by atoms with E-state index in [4.69, 9.17) is 0 Å². The van der Waals surface area contributed by atoms with Crippen molar-refractivity contribution in [2.75, 3.05) is 0 Å². The maximum Gasteiger partial charge on any atom is 0.330 e. The van der Waals surface area contributed by atoms with Crippen LogP contribution >= 0.6 is 0 Å². The van der Waals surface area contributed by atoms with Crippen LogP contribution in [0.25, 0.3) is 0 Å². The molecule has 1 unspecified atom stereocenters. The molecule has 1 atom stereocenters. The van der Waals surface area contributed by atoms with Crippen molar-refractivity contribution in [1.29, 1.82) is 0 Å². The van der Waals surface area contributed by atoms with Crippen molar-refractivity contribution < 1.29 is 14.7 Å². The Kier molecular flexibility index (Phi) is 6.18. The molecular formula is C20H27N3O3. The highest BCUT2D eigenvalue weighted by atomic mass is 16.4. The molecule has 0 spiro atoms. The number of carboxylic acid groups (broad SMARTS) is 1. The van der Waals surface area contributed by atoms with Gasteiger partial charge in [-0.05, 0) is 50.3 Å². The van der Waals surface area contributed by atoms with E-state index in [1.165, 1.54) is 6.20 Å². The Morgan fingerprint density at radius 3 is 2.35 bits per heavy atom. The van der Waals surface area contributed by atoms with Crippen LogP contribution in [0.3, 0.4) is 0 Å². The van der Waals surface area contributed by atoms with Crippen LogP contribution in [0, 0.1) is 20.8 Å². The molecule has 1 heterocycles. The summed E-state index contributed by atoms with van der Waals surface area (Å²) in [6.45, 7) is 9.88. The molecule has 140 valence electrons. The Balaban J connectivity index is 2.28. The Morgan fingerprint density at radius 2 is 1.81 bits per heavy atom. The molecule has 6 nitrogen and oxygen atoms in total. The van der Waals surface area contributed by atoms with Gasteiger partial charge >= 0.3 is 5.97 Å². The highest BCUT2D eigenvalue weighted by Gasteiger charge is 2.25. The number of aromatic nitrogens is 2. The number of carboxylic acids is 1. The Hall–Kier alpha value is -2.63. The zero-order chi connectivity index (χ0) is 19.4.